The molecule has 116 valence electrons. The van der Waals surface area contributed by atoms with Gasteiger partial charge in [0.2, 0.25) is 0 Å². The fourth-order valence-corrected chi connectivity index (χ4v) is 2.08. The Morgan fingerprint density at radius 2 is 1.76 bits per heavy atom. The number of hydrogen-bond donors (Lipinski definition) is 3. The van der Waals surface area contributed by atoms with E-state index in [0.717, 1.165) is 16.5 Å². The van der Waals surface area contributed by atoms with E-state index in [9.17, 15) is 9.59 Å². The van der Waals surface area contributed by atoms with Gasteiger partial charge in [0, 0.05) is 24.1 Å². The van der Waals surface area contributed by atoms with Crippen LogP contribution in [0.4, 0.5) is 9.59 Å². The van der Waals surface area contributed by atoms with Crippen molar-refractivity contribution >= 4 is 28.1 Å². The third-order valence-electron chi connectivity index (χ3n) is 2.59. The van der Waals surface area contributed by atoms with Gasteiger partial charge in [-0.2, -0.15) is 0 Å². The lowest BCUT2D eigenvalue weighted by atomic mass is 10.1. The molecule has 1 aromatic carbocycles. The SMILES string of the molecule is CCOC(=O)NCCNC(=O)NCCc1ccccc1Br. The molecule has 0 saturated heterocycles. The van der Waals surface area contributed by atoms with Gasteiger partial charge in [-0.25, -0.2) is 9.59 Å². The molecule has 0 radical (unpaired) electrons. The Labute approximate surface area is 132 Å². The molecule has 0 aliphatic carbocycles. The summed E-state index contributed by atoms with van der Waals surface area (Å²) in [6.45, 7) is 3.28. The van der Waals surface area contributed by atoms with Crippen molar-refractivity contribution in [3.05, 3.63) is 34.3 Å². The van der Waals surface area contributed by atoms with Gasteiger partial charge < -0.3 is 20.7 Å². The zero-order valence-corrected chi connectivity index (χ0v) is 13.5. The number of carbonyl (C=O) groups excluding carboxylic acids is 2. The minimum atomic E-state index is -0.478. The number of benzene rings is 1. The van der Waals surface area contributed by atoms with Gasteiger partial charge in [-0.05, 0) is 25.0 Å². The van der Waals surface area contributed by atoms with Crippen molar-refractivity contribution in [2.75, 3.05) is 26.2 Å². The largest absolute Gasteiger partial charge is 0.450 e. The van der Waals surface area contributed by atoms with Crippen molar-refractivity contribution in [2.45, 2.75) is 13.3 Å². The van der Waals surface area contributed by atoms with Crippen LogP contribution in [0.1, 0.15) is 12.5 Å². The summed E-state index contributed by atoms with van der Waals surface area (Å²) in [5.74, 6) is 0. The van der Waals surface area contributed by atoms with E-state index in [1.54, 1.807) is 6.92 Å². The molecular formula is C14H20BrN3O3. The van der Waals surface area contributed by atoms with Gasteiger partial charge in [0.05, 0.1) is 6.61 Å². The van der Waals surface area contributed by atoms with E-state index in [2.05, 4.69) is 31.9 Å². The van der Waals surface area contributed by atoms with Crippen LogP contribution in [0.2, 0.25) is 0 Å². The highest BCUT2D eigenvalue weighted by atomic mass is 79.9. The number of hydrogen-bond acceptors (Lipinski definition) is 3. The standard InChI is InChI=1S/C14H20BrN3O3/c1-2-21-14(20)18-10-9-17-13(19)16-8-7-11-5-3-4-6-12(11)15/h3-6H,2,7-10H2,1H3,(H,18,20)(H2,16,17,19). The number of ether oxygens (including phenoxy) is 1. The van der Waals surface area contributed by atoms with Gasteiger partial charge in [0.25, 0.3) is 0 Å². The minimum Gasteiger partial charge on any atom is -0.450 e. The number of urea groups is 1. The molecule has 1 aromatic rings. The lowest BCUT2D eigenvalue weighted by Gasteiger charge is -2.09. The second-order valence-electron chi connectivity index (χ2n) is 4.17. The maximum atomic E-state index is 11.5. The van der Waals surface area contributed by atoms with Gasteiger partial charge in [-0.1, -0.05) is 34.1 Å². The van der Waals surface area contributed by atoms with E-state index >= 15 is 0 Å². The smallest absolute Gasteiger partial charge is 0.407 e. The molecule has 0 heterocycles. The Balaban J connectivity index is 2.09. The molecule has 6 nitrogen and oxygen atoms in total. The first kappa shape index (κ1) is 17.3. The Hall–Kier alpha value is -1.76. The molecule has 7 heteroatoms. The van der Waals surface area contributed by atoms with E-state index in [1.165, 1.54) is 0 Å². The summed E-state index contributed by atoms with van der Waals surface area (Å²) in [6, 6.07) is 7.63. The number of carbonyl (C=O) groups is 2. The molecule has 0 bridgehead atoms. The molecule has 0 unspecified atom stereocenters. The number of halogens is 1. The first-order valence-corrected chi connectivity index (χ1v) is 7.58. The number of rotatable bonds is 7. The number of amides is 3. The Kier molecular flexibility index (Phi) is 8.27. The molecule has 0 saturated carbocycles. The summed E-state index contributed by atoms with van der Waals surface area (Å²) in [4.78, 5) is 22.5. The Bertz CT molecular complexity index is 469. The van der Waals surface area contributed by atoms with Crippen LogP contribution in [0.25, 0.3) is 0 Å². The maximum Gasteiger partial charge on any atom is 0.407 e. The second kappa shape index (κ2) is 10.0. The van der Waals surface area contributed by atoms with Crippen LogP contribution in [0.3, 0.4) is 0 Å². The molecule has 0 atom stereocenters. The fraction of sp³-hybridized carbons (Fsp3) is 0.429. The topological polar surface area (TPSA) is 79.5 Å². The highest BCUT2D eigenvalue weighted by Gasteiger charge is 2.02. The summed E-state index contributed by atoms with van der Waals surface area (Å²) in [7, 11) is 0. The zero-order chi connectivity index (χ0) is 15.5. The van der Waals surface area contributed by atoms with E-state index in [-0.39, 0.29) is 6.03 Å². The average Bonchev–Trinajstić information content (AvgIpc) is 2.46. The molecule has 0 aliphatic heterocycles. The van der Waals surface area contributed by atoms with Crippen LogP contribution >= 0.6 is 15.9 Å². The highest BCUT2D eigenvalue weighted by Crippen LogP contribution is 2.15. The first-order valence-electron chi connectivity index (χ1n) is 6.79. The van der Waals surface area contributed by atoms with Crippen LogP contribution in [-0.4, -0.2) is 38.4 Å². The minimum absolute atomic E-state index is 0.257. The molecule has 0 spiro atoms. The van der Waals surface area contributed by atoms with Gasteiger partial charge in [-0.15, -0.1) is 0 Å². The zero-order valence-electron chi connectivity index (χ0n) is 11.9. The third-order valence-corrected chi connectivity index (χ3v) is 3.37. The molecular weight excluding hydrogens is 338 g/mol. The van der Waals surface area contributed by atoms with Gasteiger partial charge >= 0.3 is 12.1 Å². The number of alkyl carbamates (subject to hydrolysis) is 1. The molecule has 0 fully saturated rings. The van der Waals surface area contributed by atoms with Crippen molar-refractivity contribution in [1.29, 1.82) is 0 Å². The van der Waals surface area contributed by atoms with Crippen molar-refractivity contribution in [3.8, 4) is 0 Å². The second-order valence-corrected chi connectivity index (χ2v) is 5.03. The molecule has 0 aromatic heterocycles. The predicted molar refractivity (Wildman–Crippen MR) is 84.3 cm³/mol. The van der Waals surface area contributed by atoms with E-state index in [1.807, 2.05) is 24.3 Å². The molecule has 1 rings (SSSR count). The fourth-order valence-electron chi connectivity index (χ4n) is 1.60. The van der Waals surface area contributed by atoms with Crippen LogP contribution in [0.15, 0.2) is 28.7 Å². The van der Waals surface area contributed by atoms with E-state index in [0.29, 0.717) is 26.2 Å². The van der Waals surface area contributed by atoms with Crippen LogP contribution in [0.5, 0.6) is 0 Å². The van der Waals surface area contributed by atoms with Crippen LogP contribution in [0, 0.1) is 0 Å². The average molecular weight is 358 g/mol. The van der Waals surface area contributed by atoms with Crippen LogP contribution < -0.4 is 16.0 Å². The monoisotopic (exact) mass is 357 g/mol. The van der Waals surface area contributed by atoms with E-state index < -0.39 is 6.09 Å². The van der Waals surface area contributed by atoms with Gasteiger partial charge in [-0.3, -0.25) is 0 Å². The summed E-state index contributed by atoms with van der Waals surface area (Å²) < 4.78 is 5.72. The molecule has 3 amide bonds. The van der Waals surface area contributed by atoms with Crippen LogP contribution in [-0.2, 0) is 11.2 Å². The summed E-state index contributed by atoms with van der Waals surface area (Å²) >= 11 is 3.46. The Morgan fingerprint density at radius 1 is 1.10 bits per heavy atom. The van der Waals surface area contributed by atoms with E-state index in [4.69, 9.17) is 4.74 Å². The van der Waals surface area contributed by atoms with Gasteiger partial charge in [0.1, 0.15) is 0 Å². The quantitative estimate of drug-likeness (QED) is 0.653. The maximum absolute atomic E-state index is 11.5. The lowest BCUT2D eigenvalue weighted by molar-refractivity contribution is 0.152. The van der Waals surface area contributed by atoms with Crippen molar-refractivity contribution in [3.63, 3.8) is 0 Å². The number of nitrogens with one attached hydrogen (secondary N) is 3. The molecule has 3 N–H and O–H groups in total. The summed E-state index contributed by atoms with van der Waals surface area (Å²) in [6.07, 6.45) is 0.268. The van der Waals surface area contributed by atoms with Crippen molar-refractivity contribution in [2.24, 2.45) is 0 Å². The lowest BCUT2D eigenvalue weighted by Crippen LogP contribution is -2.41. The molecule has 21 heavy (non-hydrogen) atoms. The third kappa shape index (κ3) is 7.55. The van der Waals surface area contributed by atoms with Crippen molar-refractivity contribution < 1.29 is 14.3 Å². The predicted octanol–water partition coefficient (Wildman–Crippen LogP) is 2.04. The van der Waals surface area contributed by atoms with Crippen molar-refractivity contribution in [1.82, 2.24) is 16.0 Å². The summed E-state index contributed by atoms with van der Waals surface area (Å²) in [5.41, 5.74) is 1.14. The van der Waals surface area contributed by atoms with Gasteiger partial charge in [0.15, 0.2) is 0 Å². The highest BCUT2D eigenvalue weighted by molar-refractivity contribution is 9.10. The first-order chi connectivity index (χ1) is 10.1. The Morgan fingerprint density at radius 3 is 2.48 bits per heavy atom. The molecule has 0 aliphatic rings. The summed E-state index contributed by atoms with van der Waals surface area (Å²) in [5, 5.41) is 7.92. The normalized spacial score (nSPS) is 9.81.